The number of ether oxygens (including phenoxy) is 1. The highest BCUT2D eigenvalue weighted by Crippen LogP contribution is 2.31. The molecule has 1 fully saturated rings. The average Bonchev–Trinajstić information content (AvgIpc) is 2.55. The van der Waals surface area contributed by atoms with Gasteiger partial charge < -0.3 is 15.9 Å². The lowest BCUT2D eigenvalue weighted by atomic mass is 10.1. The van der Waals surface area contributed by atoms with E-state index in [1.165, 1.54) is 6.07 Å². The predicted octanol–water partition coefficient (Wildman–Crippen LogP) is 3.69. The fraction of sp³-hybridized carbons (Fsp3) is 0.294. The summed E-state index contributed by atoms with van der Waals surface area (Å²) in [6, 6.07) is 12.6. The van der Waals surface area contributed by atoms with Crippen LogP contribution in [0.5, 0.6) is 0 Å². The van der Waals surface area contributed by atoms with Crippen molar-refractivity contribution in [3.63, 3.8) is 0 Å². The summed E-state index contributed by atoms with van der Waals surface area (Å²) in [5.41, 5.74) is 10.2. The van der Waals surface area contributed by atoms with Crippen molar-refractivity contribution >= 4 is 11.4 Å². The maximum atomic E-state index is 12.8. The Balaban J connectivity index is 1.71. The molecule has 1 unspecified atom stereocenters. The second-order valence-corrected chi connectivity index (χ2v) is 5.62. The van der Waals surface area contributed by atoms with Crippen LogP contribution in [-0.2, 0) is 10.9 Å². The van der Waals surface area contributed by atoms with Gasteiger partial charge in [0.25, 0.3) is 0 Å². The van der Waals surface area contributed by atoms with Gasteiger partial charge in [-0.2, -0.15) is 13.2 Å². The minimum absolute atomic E-state index is 0.224. The second-order valence-electron chi connectivity index (χ2n) is 5.62. The van der Waals surface area contributed by atoms with Gasteiger partial charge in [0, 0.05) is 30.0 Å². The normalized spacial score (nSPS) is 19.2. The van der Waals surface area contributed by atoms with E-state index in [4.69, 9.17) is 10.5 Å². The number of rotatable bonds is 3. The van der Waals surface area contributed by atoms with Crippen molar-refractivity contribution in [1.82, 2.24) is 5.01 Å². The van der Waals surface area contributed by atoms with Crippen LogP contribution in [0, 0.1) is 0 Å². The zero-order valence-electron chi connectivity index (χ0n) is 12.9. The lowest BCUT2D eigenvalue weighted by molar-refractivity contribution is -0.137. The number of nitrogens with zero attached hydrogens (tertiary/aromatic N) is 1. The number of nitrogens with two attached hydrogens (primary N) is 1. The molecule has 0 amide bonds. The molecule has 0 spiro atoms. The zero-order valence-corrected chi connectivity index (χ0v) is 12.9. The fourth-order valence-corrected chi connectivity index (χ4v) is 2.69. The number of hydrogen-bond donors (Lipinski definition) is 2. The Kier molecular flexibility index (Phi) is 4.64. The minimum Gasteiger partial charge on any atom is -0.398 e. The van der Waals surface area contributed by atoms with Gasteiger partial charge in [-0.25, -0.2) is 5.01 Å². The van der Waals surface area contributed by atoms with Gasteiger partial charge in [0.2, 0.25) is 0 Å². The fourth-order valence-electron chi connectivity index (χ4n) is 2.69. The van der Waals surface area contributed by atoms with Gasteiger partial charge in [-0.1, -0.05) is 24.3 Å². The molecule has 1 aliphatic rings. The van der Waals surface area contributed by atoms with E-state index in [2.05, 4.69) is 5.43 Å². The molecule has 3 rings (SSSR count). The van der Waals surface area contributed by atoms with Gasteiger partial charge in [-0.15, -0.1) is 0 Å². The molecule has 1 aliphatic heterocycles. The summed E-state index contributed by atoms with van der Waals surface area (Å²) in [5, 5.41) is 1.84. The average molecular weight is 337 g/mol. The van der Waals surface area contributed by atoms with Gasteiger partial charge in [0.05, 0.1) is 18.3 Å². The van der Waals surface area contributed by atoms with Crippen LogP contribution in [0.2, 0.25) is 0 Å². The predicted molar refractivity (Wildman–Crippen MR) is 86.2 cm³/mol. The summed E-state index contributed by atoms with van der Waals surface area (Å²) in [6.45, 7) is 1.52. The molecule has 24 heavy (non-hydrogen) atoms. The number of anilines is 2. The smallest absolute Gasteiger partial charge is 0.398 e. The molecule has 0 aliphatic carbocycles. The molecule has 7 heteroatoms. The number of nitrogens with one attached hydrogen (secondary N) is 1. The van der Waals surface area contributed by atoms with E-state index in [0.717, 1.165) is 17.7 Å². The quantitative estimate of drug-likeness (QED) is 0.839. The van der Waals surface area contributed by atoms with Gasteiger partial charge in [-0.05, 0) is 24.3 Å². The van der Waals surface area contributed by atoms with E-state index in [1.54, 1.807) is 12.1 Å². The van der Waals surface area contributed by atoms with Crippen LogP contribution in [0.1, 0.15) is 17.2 Å². The first-order chi connectivity index (χ1) is 11.4. The van der Waals surface area contributed by atoms with E-state index in [-0.39, 0.29) is 6.10 Å². The summed E-state index contributed by atoms with van der Waals surface area (Å²) >= 11 is 0. The SMILES string of the molecule is Nc1ccccc1C1CN(Nc2cccc(C(F)(F)F)c2)CCO1. The van der Waals surface area contributed by atoms with E-state index < -0.39 is 11.7 Å². The van der Waals surface area contributed by atoms with Crippen LogP contribution in [-0.4, -0.2) is 24.7 Å². The standard InChI is InChI=1S/C17H18F3N3O/c18-17(19,20)12-4-3-5-13(10-12)22-23-8-9-24-16(11-23)14-6-1-2-7-15(14)21/h1-7,10,16,22H,8-9,11,21H2. The highest BCUT2D eigenvalue weighted by Gasteiger charge is 2.30. The van der Waals surface area contributed by atoms with Crippen molar-refractivity contribution in [3.8, 4) is 0 Å². The third-order valence-corrected chi connectivity index (χ3v) is 3.89. The number of alkyl halides is 3. The van der Waals surface area contributed by atoms with Gasteiger partial charge >= 0.3 is 6.18 Å². The van der Waals surface area contributed by atoms with Crippen molar-refractivity contribution in [2.24, 2.45) is 0 Å². The Morgan fingerprint density at radius 3 is 2.67 bits per heavy atom. The van der Waals surface area contributed by atoms with E-state index in [0.29, 0.717) is 31.1 Å². The van der Waals surface area contributed by atoms with Crippen molar-refractivity contribution in [3.05, 3.63) is 59.7 Å². The summed E-state index contributed by atoms with van der Waals surface area (Å²) in [4.78, 5) is 0. The number of morpholine rings is 1. The number of hydrogen-bond acceptors (Lipinski definition) is 4. The lowest BCUT2D eigenvalue weighted by Gasteiger charge is -2.34. The first-order valence-corrected chi connectivity index (χ1v) is 7.58. The van der Waals surface area contributed by atoms with E-state index in [9.17, 15) is 13.2 Å². The minimum atomic E-state index is -4.36. The van der Waals surface area contributed by atoms with Crippen LogP contribution >= 0.6 is 0 Å². The second kappa shape index (κ2) is 6.70. The number of halogens is 3. The Labute approximate surface area is 138 Å². The van der Waals surface area contributed by atoms with Crippen LogP contribution in [0.3, 0.4) is 0 Å². The van der Waals surface area contributed by atoms with Crippen molar-refractivity contribution in [2.45, 2.75) is 12.3 Å². The third kappa shape index (κ3) is 3.80. The third-order valence-electron chi connectivity index (χ3n) is 3.89. The van der Waals surface area contributed by atoms with Gasteiger partial charge in [0.15, 0.2) is 0 Å². The highest BCUT2D eigenvalue weighted by molar-refractivity contribution is 5.48. The van der Waals surface area contributed by atoms with Crippen molar-refractivity contribution in [2.75, 3.05) is 30.9 Å². The lowest BCUT2D eigenvalue weighted by Crippen LogP contribution is -2.42. The number of nitrogen functional groups attached to an aromatic ring is 1. The molecule has 0 aromatic heterocycles. The molecule has 4 nitrogen and oxygen atoms in total. The molecule has 3 N–H and O–H groups in total. The summed E-state index contributed by atoms with van der Waals surface area (Å²) < 4.78 is 44.1. The molecule has 0 radical (unpaired) electrons. The molecule has 1 atom stereocenters. The highest BCUT2D eigenvalue weighted by atomic mass is 19.4. The van der Waals surface area contributed by atoms with E-state index in [1.807, 2.05) is 23.2 Å². The van der Waals surface area contributed by atoms with Gasteiger partial charge in [-0.3, -0.25) is 0 Å². The topological polar surface area (TPSA) is 50.5 Å². The van der Waals surface area contributed by atoms with Crippen molar-refractivity contribution in [1.29, 1.82) is 0 Å². The molecular weight excluding hydrogens is 319 g/mol. The molecule has 0 bridgehead atoms. The zero-order chi connectivity index (χ0) is 17.2. The summed E-state index contributed by atoms with van der Waals surface area (Å²) in [7, 11) is 0. The van der Waals surface area contributed by atoms with Crippen LogP contribution in [0.25, 0.3) is 0 Å². The molecule has 1 saturated heterocycles. The van der Waals surface area contributed by atoms with Gasteiger partial charge in [0.1, 0.15) is 0 Å². The van der Waals surface area contributed by atoms with Crippen LogP contribution in [0.4, 0.5) is 24.5 Å². The molecule has 128 valence electrons. The molecule has 0 saturated carbocycles. The van der Waals surface area contributed by atoms with Crippen molar-refractivity contribution < 1.29 is 17.9 Å². The first kappa shape index (κ1) is 16.6. The monoisotopic (exact) mass is 337 g/mol. The summed E-state index contributed by atoms with van der Waals surface area (Å²) in [5.74, 6) is 0. The Morgan fingerprint density at radius 2 is 1.92 bits per heavy atom. The Hall–Kier alpha value is -2.25. The number of hydrazine groups is 1. The molecule has 2 aromatic rings. The molecule has 2 aromatic carbocycles. The number of para-hydroxylation sites is 1. The maximum absolute atomic E-state index is 12.8. The maximum Gasteiger partial charge on any atom is 0.416 e. The molecular formula is C17H18F3N3O. The van der Waals surface area contributed by atoms with Crippen LogP contribution in [0.15, 0.2) is 48.5 Å². The Bertz CT molecular complexity index is 705. The Morgan fingerprint density at radius 1 is 1.12 bits per heavy atom. The first-order valence-electron chi connectivity index (χ1n) is 7.58. The van der Waals surface area contributed by atoms with Crippen LogP contribution < -0.4 is 11.2 Å². The largest absolute Gasteiger partial charge is 0.416 e. The number of benzene rings is 2. The summed E-state index contributed by atoms with van der Waals surface area (Å²) in [6.07, 6.45) is -4.58. The van der Waals surface area contributed by atoms with E-state index >= 15 is 0 Å². The molecule has 1 heterocycles.